The van der Waals surface area contributed by atoms with Gasteiger partial charge in [0, 0.05) is 10.8 Å². The Labute approximate surface area is 213 Å². The summed E-state index contributed by atoms with van der Waals surface area (Å²) in [6.45, 7) is 8.04. The standard InChI is InChI=1S/C27H28N4O4S/c1-14-11-18(21-7-8-22(36-21)26(34)35)24(32)20(12-14)28-29-23-15(2)30-31(25(23)33)17-6-5-16-9-10-27(3,4)19(16)13-17/h5-6,8,11-13,21,28,32H,7,9-10H2,1-4H3,(H,34,35)/b29-23-. The molecule has 2 aromatic rings. The van der Waals surface area contributed by atoms with E-state index in [1.165, 1.54) is 27.9 Å². The van der Waals surface area contributed by atoms with Gasteiger partial charge in [0.05, 0.1) is 22.0 Å². The average molecular weight is 505 g/mol. The van der Waals surface area contributed by atoms with Gasteiger partial charge in [-0.05, 0) is 73.4 Å². The molecule has 3 aliphatic rings. The number of benzene rings is 2. The van der Waals surface area contributed by atoms with Crippen LogP contribution in [0.15, 0.2) is 51.5 Å². The normalized spacial score (nSPS) is 21.6. The SMILES string of the molecule is CC1=NN(c2ccc3c(c2)C(C)(C)CC3)C(=O)/C1=N\Nc1cc(C)cc(C2CC=C(C(=O)O)S2)c1O. The first-order valence-electron chi connectivity index (χ1n) is 11.9. The van der Waals surface area contributed by atoms with Crippen molar-refractivity contribution in [3.05, 3.63) is 63.6 Å². The molecule has 1 atom stereocenters. The molecular formula is C27H28N4O4S. The third-order valence-electron chi connectivity index (χ3n) is 6.99. The first-order valence-corrected chi connectivity index (χ1v) is 12.7. The second-order valence-corrected chi connectivity index (χ2v) is 11.3. The number of carboxylic acids is 1. The molecule has 0 spiro atoms. The molecule has 1 unspecified atom stereocenters. The lowest BCUT2D eigenvalue weighted by molar-refractivity contribution is -0.131. The van der Waals surface area contributed by atoms with Gasteiger partial charge in [0.2, 0.25) is 0 Å². The number of hydrogen-bond acceptors (Lipinski definition) is 7. The zero-order chi connectivity index (χ0) is 25.8. The molecule has 36 heavy (non-hydrogen) atoms. The molecule has 0 fully saturated rings. The molecular weight excluding hydrogens is 476 g/mol. The van der Waals surface area contributed by atoms with Gasteiger partial charge in [0.25, 0.3) is 0 Å². The minimum absolute atomic E-state index is 0.0137. The summed E-state index contributed by atoms with van der Waals surface area (Å²) in [6, 6.07) is 9.62. The second-order valence-electron chi connectivity index (χ2n) is 10.1. The fourth-order valence-corrected chi connectivity index (χ4v) is 6.07. The monoisotopic (exact) mass is 504 g/mol. The number of phenolic OH excluding ortho intramolecular Hbond substituents is 1. The lowest BCUT2D eigenvalue weighted by Gasteiger charge is -2.21. The number of allylic oxidation sites excluding steroid dienone is 1. The van der Waals surface area contributed by atoms with E-state index in [4.69, 9.17) is 0 Å². The molecule has 0 saturated carbocycles. The molecule has 1 amide bonds. The van der Waals surface area contributed by atoms with Crippen LogP contribution in [0.5, 0.6) is 5.75 Å². The maximum absolute atomic E-state index is 13.2. The maximum atomic E-state index is 13.2. The summed E-state index contributed by atoms with van der Waals surface area (Å²) in [6.07, 6.45) is 4.28. The van der Waals surface area contributed by atoms with E-state index in [2.05, 4.69) is 35.5 Å². The third kappa shape index (κ3) is 4.17. The molecule has 1 aliphatic carbocycles. The van der Waals surface area contributed by atoms with E-state index in [9.17, 15) is 19.8 Å². The van der Waals surface area contributed by atoms with Gasteiger partial charge in [0.15, 0.2) is 5.71 Å². The van der Waals surface area contributed by atoms with Gasteiger partial charge >= 0.3 is 11.9 Å². The predicted octanol–water partition coefficient (Wildman–Crippen LogP) is 5.26. The number of anilines is 2. The lowest BCUT2D eigenvalue weighted by Crippen LogP contribution is -2.28. The topological polar surface area (TPSA) is 115 Å². The van der Waals surface area contributed by atoms with Crippen LogP contribution in [0.3, 0.4) is 0 Å². The highest BCUT2D eigenvalue weighted by Gasteiger charge is 2.34. The van der Waals surface area contributed by atoms with E-state index in [1.54, 1.807) is 19.1 Å². The van der Waals surface area contributed by atoms with Gasteiger partial charge in [-0.3, -0.25) is 10.2 Å². The molecule has 0 bridgehead atoms. The number of phenols is 1. The molecule has 2 aromatic carbocycles. The Morgan fingerprint density at radius 3 is 2.75 bits per heavy atom. The van der Waals surface area contributed by atoms with Crippen LogP contribution in [-0.4, -0.2) is 33.5 Å². The van der Waals surface area contributed by atoms with Crippen molar-refractivity contribution < 1.29 is 19.8 Å². The number of carboxylic acid groups (broad SMARTS) is 1. The summed E-state index contributed by atoms with van der Waals surface area (Å²) in [7, 11) is 0. The Kier molecular flexibility index (Phi) is 5.90. The van der Waals surface area contributed by atoms with E-state index in [0.717, 1.165) is 18.4 Å². The Morgan fingerprint density at radius 2 is 2.03 bits per heavy atom. The van der Waals surface area contributed by atoms with Crippen molar-refractivity contribution in [2.75, 3.05) is 10.4 Å². The van der Waals surface area contributed by atoms with Gasteiger partial charge < -0.3 is 10.2 Å². The minimum Gasteiger partial charge on any atom is -0.505 e. The second kappa shape index (κ2) is 8.81. The molecule has 0 saturated heterocycles. The number of nitrogens with zero attached hydrogens (tertiary/aromatic N) is 3. The van der Waals surface area contributed by atoms with Crippen molar-refractivity contribution in [2.24, 2.45) is 10.2 Å². The summed E-state index contributed by atoms with van der Waals surface area (Å²) >= 11 is 1.21. The summed E-state index contributed by atoms with van der Waals surface area (Å²) in [5.74, 6) is -1.32. The number of thioether (sulfide) groups is 1. The third-order valence-corrected chi connectivity index (χ3v) is 8.32. The Morgan fingerprint density at radius 1 is 1.25 bits per heavy atom. The van der Waals surface area contributed by atoms with Gasteiger partial charge in [-0.15, -0.1) is 11.8 Å². The number of hydrazone groups is 2. The molecule has 9 heteroatoms. The average Bonchev–Trinajstić information content (AvgIpc) is 3.51. The summed E-state index contributed by atoms with van der Waals surface area (Å²) < 4.78 is 0. The van der Waals surface area contributed by atoms with Gasteiger partial charge in [-0.2, -0.15) is 15.2 Å². The van der Waals surface area contributed by atoms with Crippen molar-refractivity contribution in [1.82, 2.24) is 0 Å². The molecule has 3 N–H and O–H groups in total. The zero-order valence-electron chi connectivity index (χ0n) is 20.6. The van der Waals surface area contributed by atoms with Crippen LogP contribution in [0.25, 0.3) is 0 Å². The minimum atomic E-state index is -0.967. The number of amides is 1. The number of rotatable bonds is 5. The number of nitrogens with one attached hydrogen (secondary N) is 1. The molecule has 8 nitrogen and oxygen atoms in total. The number of hydrogen-bond donors (Lipinski definition) is 3. The van der Waals surface area contributed by atoms with Gasteiger partial charge in [0.1, 0.15) is 5.75 Å². The van der Waals surface area contributed by atoms with Crippen molar-refractivity contribution >= 4 is 46.4 Å². The quantitative estimate of drug-likeness (QED) is 0.378. The van der Waals surface area contributed by atoms with Crippen LogP contribution in [0, 0.1) is 6.92 Å². The number of fused-ring (bicyclic) bond motifs is 1. The number of aromatic hydroxyl groups is 1. The molecule has 2 heterocycles. The van der Waals surface area contributed by atoms with Crippen LogP contribution in [-0.2, 0) is 21.4 Å². The van der Waals surface area contributed by atoms with Crippen LogP contribution in [0.2, 0.25) is 0 Å². The fraction of sp³-hybridized carbons (Fsp3) is 0.333. The van der Waals surface area contributed by atoms with E-state index in [1.807, 2.05) is 25.1 Å². The first kappa shape index (κ1) is 24.1. The maximum Gasteiger partial charge on any atom is 0.341 e. The fourth-order valence-electron chi connectivity index (χ4n) is 4.97. The largest absolute Gasteiger partial charge is 0.505 e. The predicted molar refractivity (Wildman–Crippen MR) is 143 cm³/mol. The highest BCUT2D eigenvalue weighted by Crippen LogP contribution is 2.48. The number of carbonyl (C=O) groups is 2. The highest BCUT2D eigenvalue weighted by molar-refractivity contribution is 8.04. The van der Waals surface area contributed by atoms with Gasteiger partial charge in [-0.25, -0.2) is 4.79 Å². The summed E-state index contributed by atoms with van der Waals surface area (Å²) in [5.41, 5.74) is 8.66. The molecule has 0 radical (unpaired) electrons. The molecule has 5 rings (SSSR count). The zero-order valence-corrected chi connectivity index (χ0v) is 21.4. The molecule has 2 aliphatic heterocycles. The molecule has 0 aromatic heterocycles. The first-order chi connectivity index (χ1) is 17.0. The van der Waals surface area contributed by atoms with E-state index in [0.29, 0.717) is 29.1 Å². The number of aryl methyl sites for hydroxylation is 2. The molecule has 186 valence electrons. The summed E-state index contributed by atoms with van der Waals surface area (Å²) in [4.78, 5) is 24.8. The van der Waals surface area contributed by atoms with Crippen molar-refractivity contribution in [1.29, 1.82) is 0 Å². The number of carbonyl (C=O) groups excluding carboxylic acids is 1. The number of aliphatic carboxylic acids is 1. The lowest BCUT2D eigenvalue weighted by atomic mass is 9.86. The van der Waals surface area contributed by atoms with E-state index >= 15 is 0 Å². The van der Waals surface area contributed by atoms with Crippen molar-refractivity contribution in [3.8, 4) is 5.75 Å². The van der Waals surface area contributed by atoms with E-state index in [-0.39, 0.29) is 32.9 Å². The van der Waals surface area contributed by atoms with Crippen molar-refractivity contribution in [3.63, 3.8) is 0 Å². The van der Waals surface area contributed by atoms with E-state index < -0.39 is 5.97 Å². The Hall–Kier alpha value is -3.59. The van der Waals surface area contributed by atoms with Crippen LogP contribution < -0.4 is 10.4 Å². The van der Waals surface area contributed by atoms with Gasteiger partial charge in [-0.1, -0.05) is 32.1 Å². The van der Waals surface area contributed by atoms with Crippen LogP contribution in [0.1, 0.15) is 61.1 Å². The van der Waals surface area contributed by atoms with Crippen LogP contribution in [0.4, 0.5) is 11.4 Å². The smallest absolute Gasteiger partial charge is 0.341 e. The highest BCUT2D eigenvalue weighted by atomic mass is 32.2. The van der Waals surface area contributed by atoms with Crippen molar-refractivity contribution in [2.45, 2.75) is 57.6 Å². The summed E-state index contributed by atoms with van der Waals surface area (Å²) in [5, 5.41) is 30.1. The Bertz CT molecular complexity index is 1390. The van der Waals surface area contributed by atoms with Crippen LogP contribution >= 0.6 is 11.8 Å². The Balaban J connectivity index is 1.38.